The standard InChI is InChI=1S/C48H89NO13/c1-3-5-7-9-11-13-15-16-17-18-19-20-22-23-25-27-29-31-37(52)36(49-40(53)32-30-28-26-24-21-14-12-10-8-6-4-2)35-59-47-45(58)43(56)46(39(34-51)61-47)62-48-44(57)42(55)41(54)38(33-50)60-48/h22-23,29,31,36-39,41-48,50-52,54-58H,3-21,24-28,30,32-35H2,1-2H3,(H,49,53)/b23-22+,31-29+. The van der Waals surface area contributed by atoms with Crippen LogP contribution in [0.5, 0.6) is 0 Å². The van der Waals surface area contributed by atoms with E-state index in [1.807, 2.05) is 6.08 Å². The molecule has 0 bridgehead atoms. The molecule has 0 saturated carbocycles. The van der Waals surface area contributed by atoms with Crippen molar-refractivity contribution in [2.24, 2.45) is 0 Å². The number of carbonyl (C=O) groups excluding carboxylic acids is 1. The molecular weight excluding hydrogens is 799 g/mol. The molecule has 0 aliphatic carbocycles. The number of amides is 1. The summed E-state index contributed by atoms with van der Waals surface area (Å²) in [6.45, 7) is 2.74. The molecule has 2 heterocycles. The highest BCUT2D eigenvalue weighted by Crippen LogP contribution is 2.30. The van der Waals surface area contributed by atoms with Crippen LogP contribution in [0.2, 0.25) is 0 Å². The average molecular weight is 888 g/mol. The van der Waals surface area contributed by atoms with Gasteiger partial charge in [-0.2, -0.15) is 0 Å². The van der Waals surface area contributed by atoms with Gasteiger partial charge in [-0.05, 0) is 32.1 Å². The SMILES string of the molecule is CCCCCCCCCCCCC/C=C/CC/C=C/C(O)C(COC1OC(CO)C(OC2OC(CO)C(O)C(O)C2O)C(O)C1O)NC(=O)CCCCCCCCCCCCC. The number of ether oxygens (including phenoxy) is 4. The zero-order chi connectivity index (χ0) is 45.4. The highest BCUT2D eigenvalue weighted by molar-refractivity contribution is 5.76. The fraction of sp³-hybridized carbons (Fsp3) is 0.896. The Balaban J connectivity index is 1.88. The number of unbranched alkanes of at least 4 members (excludes halogenated alkanes) is 22. The molecule has 12 atom stereocenters. The lowest BCUT2D eigenvalue weighted by molar-refractivity contribution is -0.359. The number of hydrogen-bond donors (Lipinski definition) is 9. The molecule has 2 fully saturated rings. The quantitative estimate of drug-likeness (QED) is 0.0267. The third-order valence-electron chi connectivity index (χ3n) is 12.1. The number of carbonyl (C=O) groups is 1. The Morgan fingerprint density at radius 3 is 1.58 bits per heavy atom. The molecule has 2 aliphatic rings. The lowest BCUT2D eigenvalue weighted by Gasteiger charge is -2.46. The van der Waals surface area contributed by atoms with Gasteiger partial charge < -0.3 is 65.1 Å². The van der Waals surface area contributed by atoms with Crippen molar-refractivity contribution in [3.8, 4) is 0 Å². The lowest BCUT2D eigenvalue weighted by atomic mass is 9.97. The Hall–Kier alpha value is -1.53. The van der Waals surface area contributed by atoms with E-state index in [0.29, 0.717) is 12.8 Å². The highest BCUT2D eigenvalue weighted by atomic mass is 16.7. The van der Waals surface area contributed by atoms with Gasteiger partial charge in [0.15, 0.2) is 12.6 Å². The number of rotatable bonds is 37. The predicted octanol–water partition coefficient (Wildman–Crippen LogP) is 5.77. The van der Waals surface area contributed by atoms with Crippen molar-refractivity contribution in [1.29, 1.82) is 0 Å². The second-order valence-corrected chi connectivity index (χ2v) is 17.6. The molecule has 62 heavy (non-hydrogen) atoms. The van der Waals surface area contributed by atoms with Crippen LogP contribution >= 0.6 is 0 Å². The van der Waals surface area contributed by atoms with Gasteiger partial charge in [0.05, 0.1) is 32.0 Å². The van der Waals surface area contributed by atoms with Crippen LogP contribution in [0, 0.1) is 0 Å². The van der Waals surface area contributed by atoms with Crippen LogP contribution in [0.3, 0.4) is 0 Å². The monoisotopic (exact) mass is 888 g/mol. The first-order valence-electron chi connectivity index (χ1n) is 24.6. The molecular formula is C48H89NO13. The molecule has 0 aromatic heterocycles. The lowest BCUT2D eigenvalue weighted by Crippen LogP contribution is -2.65. The van der Waals surface area contributed by atoms with Crippen LogP contribution in [-0.2, 0) is 23.7 Å². The summed E-state index contributed by atoms with van der Waals surface area (Å²) in [6.07, 6.45) is 20.8. The Bertz CT molecular complexity index is 1140. The summed E-state index contributed by atoms with van der Waals surface area (Å²) in [5.41, 5.74) is 0. The smallest absolute Gasteiger partial charge is 0.220 e. The summed E-state index contributed by atoms with van der Waals surface area (Å²) in [5, 5.41) is 86.5. The molecule has 14 heteroatoms. The van der Waals surface area contributed by atoms with E-state index in [9.17, 15) is 45.6 Å². The first-order chi connectivity index (χ1) is 30.1. The summed E-state index contributed by atoms with van der Waals surface area (Å²) in [7, 11) is 0. The Labute approximate surface area is 373 Å². The number of aliphatic hydroxyl groups excluding tert-OH is 8. The van der Waals surface area contributed by atoms with Crippen molar-refractivity contribution in [3.05, 3.63) is 24.3 Å². The maximum Gasteiger partial charge on any atom is 0.220 e. The molecule has 0 aromatic rings. The van der Waals surface area contributed by atoms with Crippen LogP contribution < -0.4 is 5.32 Å². The molecule has 2 rings (SSSR count). The third-order valence-corrected chi connectivity index (χ3v) is 12.1. The fourth-order valence-corrected chi connectivity index (χ4v) is 8.07. The van der Waals surface area contributed by atoms with Gasteiger partial charge in [-0.1, -0.05) is 167 Å². The predicted molar refractivity (Wildman–Crippen MR) is 240 cm³/mol. The molecule has 0 radical (unpaired) electrons. The number of aliphatic hydroxyl groups is 8. The minimum absolute atomic E-state index is 0.251. The van der Waals surface area contributed by atoms with E-state index in [4.69, 9.17) is 18.9 Å². The van der Waals surface area contributed by atoms with Crippen molar-refractivity contribution in [2.75, 3.05) is 19.8 Å². The van der Waals surface area contributed by atoms with E-state index >= 15 is 0 Å². The van der Waals surface area contributed by atoms with E-state index in [2.05, 4.69) is 31.3 Å². The largest absolute Gasteiger partial charge is 0.394 e. The molecule has 12 unspecified atom stereocenters. The van der Waals surface area contributed by atoms with Gasteiger partial charge >= 0.3 is 0 Å². The van der Waals surface area contributed by atoms with Crippen molar-refractivity contribution in [1.82, 2.24) is 5.32 Å². The normalized spacial score (nSPS) is 27.9. The van der Waals surface area contributed by atoms with Crippen LogP contribution in [-0.4, -0.2) is 140 Å². The van der Waals surface area contributed by atoms with Crippen molar-refractivity contribution >= 4 is 5.91 Å². The van der Waals surface area contributed by atoms with Gasteiger partial charge in [0.25, 0.3) is 0 Å². The molecule has 2 saturated heterocycles. The summed E-state index contributed by atoms with van der Waals surface area (Å²) < 4.78 is 22.6. The van der Waals surface area contributed by atoms with E-state index in [0.717, 1.165) is 32.1 Å². The Kier molecular flexibility index (Phi) is 32.6. The van der Waals surface area contributed by atoms with E-state index in [1.54, 1.807) is 6.08 Å². The second kappa shape index (κ2) is 35.7. The van der Waals surface area contributed by atoms with Crippen molar-refractivity contribution in [3.63, 3.8) is 0 Å². The van der Waals surface area contributed by atoms with Gasteiger partial charge in [-0.3, -0.25) is 4.79 Å². The van der Waals surface area contributed by atoms with Gasteiger partial charge in [0.1, 0.15) is 48.8 Å². The highest BCUT2D eigenvalue weighted by Gasteiger charge is 2.51. The summed E-state index contributed by atoms with van der Waals surface area (Å²) in [5.74, 6) is -0.251. The van der Waals surface area contributed by atoms with E-state index in [1.165, 1.54) is 116 Å². The zero-order valence-electron chi connectivity index (χ0n) is 38.4. The first-order valence-corrected chi connectivity index (χ1v) is 24.6. The molecule has 364 valence electrons. The molecule has 0 spiro atoms. The van der Waals surface area contributed by atoms with Gasteiger partial charge in [0.2, 0.25) is 5.91 Å². The zero-order valence-corrected chi connectivity index (χ0v) is 38.4. The summed E-state index contributed by atoms with van der Waals surface area (Å²) in [4.78, 5) is 13.1. The average Bonchev–Trinajstić information content (AvgIpc) is 3.27. The first kappa shape index (κ1) is 56.6. The van der Waals surface area contributed by atoms with E-state index < -0.39 is 86.8 Å². The van der Waals surface area contributed by atoms with Crippen LogP contribution in [0.4, 0.5) is 0 Å². The Morgan fingerprint density at radius 2 is 1.03 bits per heavy atom. The maximum absolute atomic E-state index is 13.1. The van der Waals surface area contributed by atoms with Gasteiger partial charge in [-0.15, -0.1) is 0 Å². The topological polar surface area (TPSA) is 228 Å². The molecule has 14 nitrogen and oxygen atoms in total. The summed E-state index contributed by atoms with van der Waals surface area (Å²) in [6, 6.07) is -0.924. The summed E-state index contributed by atoms with van der Waals surface area (Å²) >= 11 is 0. The van der Waals surface area contributed by atoms with Crippen LogP contribution in [0.25, 0.3) is 0 Å². The maximum atomic E-state index is 13.1. The fourth-order valence-electron chi connectivity index (χ4n) is 8.07. The van der Waals surface area contributed by atoms with E-state index in [-0.39, 0.29) is 18.9 Å². The van der Waals surface area contributed by atoms with Crippen LogP contribution in [0.1, 0.15) is 181 Å². The minimum Gasteiger partial charge on any atom is -0.394 e. The van der Waals surface area contributed by atoms with Gasteiger partial charge in [-0.25, -0.2) is 0 Å². The van der Waals surface area contributed by atoms with Crippen LogP contribution in [0.15, 0.2) is 24.3 Å². The number of hydrogen-bond acceptors (Lipinski definition) is 13. The minimum atomic E-state index is -1.79. The van der Waals surface area contributed by atoms with Crippen molar-refractivity contribution in [2.45, 2.75) is 254 Å². The van der Waals surface area contributed by atoms with Crippen molar-refractivity contribution < 1.29 is 64.6 Å². The number of nitrogens with one attached hydrogen (secondary N) is 1. The molecule has 9 N–H and O–H groups in total. The second-order valence-electron chi connectivity index (χ2n) is 17.6. The van der Waals surface area contributed by atoms with Gasteiger partial charge in [0, 0.05) is 6.42 Å². The number of allylic oxidation sites excluding steroid dienone is 3. The molecule has 1 amide bonds. The molecule has 2 aliphatic heterocycles. The molecule has 0 aromatic carbocycles. The Morgan fingerprint density at radius 1 is 0.565 bits per heavy atom. The third kappa shape index (κ3) is 23.1.